The van der Waals surface area contributed by atoms with Crippen LogP contribution in [0, 0.1) is 0 Å². The molecule has 2 aromatic rings. The van der Waals surface area contributed by atoms with Crippen LogP contribution < -0.4 is 9.47 Å². The summed E-state index contributed by atoms with van der Waals surface area (Å²) in [5.41, 5.74) is 1.07. The highest BCUT2D eigenvalue weighted by atomic mass is 35.5. The van der Waals surface area contributed by atoms with Crippen molar-refractivity contribution in [3.8, 4) is 11.5 Å². The van der Waals surface area contributed by atoms with Crippen molar-refractivity contribution in [1.82, 2.24) is 9.88 Å². The van der Waals surface area contributed by atoms with Crippen LogP contribution in [0.4, 0.5) is 0 Å². The van der Waals surface area contributed by atoms with Crippen molar-refractivity contribution in [2.75, 3.05) is 27.3 Å². The van der Waals surface area contributed by atoms with E-state index in [1.807, 2.05) is 18.2 Å². The second kappa shape index (κ2) is 7.60. The Labute approximate surface area is 153 Å². The molecule has 1 aliphatic heterocycles. The van der Waals surface area contributed by atoms with Gasteiger partial charge in [-0.1, -0.05) is 17.7 Å². The zero-order chi connectivity index (χ0) is 17.9. The maximum Gasteiger partial charge on any atom is 0.165 e. The van der Waals surface area contributed by atoms with E-state index in [1.54, 1.807) is 32.7 Å². The molecular formula is C19H23ClN2O3. The lowest BCUT2D eigenvalue weighted by molar-refractivity contribution is -0.0281. The first-order valence-electron chi connectivity index (χ1n) is 8.31. The van der Waals surface area contributed by atoms with Crippen LogP contribution >= 0.6 is 11.6 Å². The van der Waals surface area contributed by atoms with E-state index in [0.29, 0.717) is 35.9 Å². The minimum atomic E-state index is -0.805. The molecule has 0 radical (unpaired) electrons. The molecule has 1 saturated heterocycles. The summed E-state index contributed by atoms with van der Waals surface area (Å²) < 4.78 is 10.9. The van der Waals surface area contributed by atoms with Crippen molar-refractivity contribution in [3.63, 3.8) is 0 Å². The van der Waals surface area contributed by atoms with Crippen molar-refractivity contribution >= 4 is 11.6 Å². The minimum absolute atomic E-state index is 0.622. The van der Waals surface area contributed by atoms with Gasteiger partial charge in [-0.05, 0) is 25.0 Å². The zero-order valence-electron chi connectivity index (χ0n) is 14.5. The third-order valence-corrected chi connectivity index (χ3v) is 5.01. The van der Waals surface area contributed by atoms with Gasteiger partial charge < -0.3 is 14.6 Å². The fourth-order valence-corrected chi connectivity index (χ4v) is 3.60. The van der Waals surface area contributed by atoms with Crippen LogP contribution in [0.3, 0.4) is 0 Å². The molecule has 3 rings (SSSR count). The summed E-state index contributed by atoms with van der Waals surface area (Å²) in [5, 5.41) is 11.5. The number of hydrogen-bond donors (Lipinski definition) is 1. The van der Waals surface area contributed by atoms with E-state index < -0.39 is 5.60 Å². The number of piperidine rings is 1. The summed E-state index contributed by atoms with van der Waals surface area (Å²) in [6.07, 6.45) is 4.80. The van der Waals surface area contributed by atoms with Gasteiger partial charge in [0.05, 0.1) is 19.8 Å². The van der Waals surface area contributed by atoms with Crippen molar-refractivity contribution in [3.05, 3.63) is 52.8 Å². The molecule has 0 aliphatic carbocycles. The summed E-state index contributed by atoms with van der Waals surface area (Å²) in [6, 6.07) is 7.46. The number of aromatic nitrogens is 1. The van der Waals surface area contributed by atoms with Gasteiger partial charge in [0.1, 0.15) is 0 Å². The van der Waals surface area contributed by atoms with E-state index in [4.69, 9.17) is 21.1 Å². The van der Waals surface area contributed by atoms with E-state index in [0.717, 1.165) is 24.2 Å². The number of halogens is 1. The van der Waals surface area contributed by atoms with Crippen LogP contribution in [0.25, 0.3) is 0 Å². The predicted octanol–water partition coefficient (Wildman–Crippen LogP) is 3.24. The van der Waals surface area contributed by atoms with E-state index in [-0.39, 0.29) is 0 Å². The molecular weight excluding hydrogens is 340 g/mol. The van der Waals surface area contributed by atoms with Gasteiger partial charge in [-0.3, -0.25) is 9.88 Å². The summed E-state index contributed by atoms with van der Waals surface area (Å²) in [7, 11) is 3.24. The Hall–Kier alpha value is -1.82. The number of likely N-dealkylation sites (tertiary alicyclic amines) is 1. The van der Waals surface area contributed by atoms with Gasteiger partial charge in [0, 0.05) is 54.2 Å². The summed E-state index contributed by atoms with van der Waals surface area (Å²) in [6.45, 7) is 2.26. The number of rotatable bonds is 5. The molecule has 1 fully saturated rings. The second-order valence-electron chi connectivity index (χ2n) is 6.35. The Bertz CT molecular complexity index is 716. The van der Waals surface area contributed by atoms with E-state index in [9.17, 15) is 5.11 Å². The number of ether oxygens (including phenoxy) is 2. The Balaban J connectivity index is 1.72. The van der Waals surface area contributed by atoms with Gasteiger partial charge in [0.15, 0.2) is 11.5 Å². The number of hydrogen-bond acceptors (Lipinski definition) is 5. The van der Waals surface area contributed by atoms with Crippen LogP contribution in [0.15, 0.2) is 36.7 Å². The summed E-state index contributed by atoms with van der Waals surface area (Å²) in [5.74, 6) is 1.34. The first-order chi connectivity index (χ1) is 12.1. The minimum Gasteiger partial charge on any atom is -0.493 e. The molecule has 1 N–H and O–H groups in total. The van der Waals surface area contributed by atoms with Crippen LogP contribution in [-0.2, 0) is 12.1 Å². The van der Waals surface area contributed by atoms with Crippen molar-refractivity contribution < 1.29 is 14.6 Å². The first kappa shape index (κ1) is 18.0. The normalized spacial score (nSPS) is 17.3. The number of methoxy groups -OCH3 is 2. The highest BCUT2D eigenvalue weighted by molar-refractivity contribution is 6.30. The molecule has 6 heteroatoms. The van der Waals surface area contributed by atoms with Crippen LogP contribution in [0.1, 0.15) is 24.0 Å². The molecule has 0 unspecified atom stereocenters. The SMILES string of the molecule is COc1cc(Cl)cc(CN2CCC(O)(c3cccnc3)CC2)c1OC. The van der Waals surface area contributed by atoms with Gasteiger partial charge >= 0.3 is 0 Å². The van der Waals surface area contributed by atoms with Crippen molar-refractivity contribution in [2.45, 2.75) is 25.0 Å². The average Bonchev–Trinajstić information content (AvgIpc) is 2.64. The highest BCUT2D eigenvalue weighted by Gasteiger charge is 2.34. The zero-order valence-corrected chi connectivity index (χ0v) is 15.3. The standard InChI is InChI=1S/C19H23ClN2O3/c1-24-17-11-16(20)10-14(18(17)25-2)13-22-8-5-19(23,6-9-22)15-4-3-7-21-12-15/h3-4,7,10-12,23H,5-6,8-9,13H2,1-2H3. The van der Waals surface area contributed by atoms with Gasteiger partial charge in [-0.25, -0.2) is 0 Å². The van der Waals surface area contributed by atoms with E-state index in [2.05, 4.69) is 9.88 Å². The lowest BCUT2D eigenvalue weighted by Gasteiger charge is -2.38. The number of pyridine rings is 1. The van der Waals surface area contributed by atoms with Crippen molar-refractivity contribution in [1.29, 1.82) is 0 Å². The fourth-order valence-electron chi connectivity index (χ4n) is 3.37. The lowest BCUT2D eigenvalue weighted by Crippen LogP contribution is -2.42. The third-order valence-electron chi connectivity index (χ3n) is 4.80. The Morgan fingerprint density at radius 3 is 2.60 bits per heavy atom. The van der Waals surface area contributed by atoms with Gasteiger partial charge in [0.2, 0.25) is 0 Å². The van der Waals surface area contributed by atoms with Crippen LogP contribution in [-0.4, -0.2) is 42.3 Å². The molecule has 1 aromatic heterocycles. The lowest BCUT2D eigenvalue weighted by atomic mass is 9.85. The monoisotopic (exact) mass is 362 g/mol. The Morgan fingerprint density at radius 2 is 2.00 bits per heavy atom. The molecule has 0 saturated carbocycles. The molecule has 0 bridgehead atoms. The molecule has 1 aliphatic rings. The second-order valence-corrected chi connectivity index (χ2v) is 6.79. The number of nitrogens with zero attached hydrogens (tertiary/aromatic N) is 2. The van der Waals surface area contributed by atoms with E-state index >= 15 is 0 Å². The summed E-state index contributed by atoms with van der Waals surface area (Å²) >= 11 is 6.20. The molecule has 1 aromatic carbocycles. The largest absolute Gasteiger partial charge is 0.493 e. The van der Waals surface area contributed by atoms with Gasteiger partial charge in [-0.15, -0.1) is 0 Å². The summed E-state index contributed by atoms with van der Waals surface area (Å²) in [4.78, 5) is 6.41. The maximum absolute atomic E-state index is 10.9. The number of aliphatic hydroxyl groups is 1. The molecule has 134 valence electrons. The number of benzene rings is 1. The van der Waals surface area contributed by atoms with Crippen LogP contribution in [0.2, 0.25) is 5.02 Å². The smallest absolute Gasteiger partial charge is 0.165 e. The molecule has 0 atom stereocenters. The van der Waals surface area contributed by atoms with Crippen molar-refractivity contribution in [2.24, 2.45) is 0 Å². The maximum atomic E-state index is 10.9. The van der Waals surface area contributed by atoms with E-state index in [1.165, 1.54) is 0 Å². The average molecular weight is 363 g/mol. The Morgan fingerprint density at radius 1 is 1.24 bits per heavy atom. The molecule has 5 nitrogen and oxygen atoms in total. The van der Waals surface area contributed by atoms with Gasteiger partial charge in [0.25, 0.3) is 0 Å². The molecule has 25 heavy (non-hydrogen) atoms. The molecule has 0 spiro atoms. The topological polar surface area (TPSA) is 54.8 Å². The highest BCUT2D eigenvalue weighted by Crippen LogP contribution is 2.37. The predicted molar refractivity (Wildman–Crippen MR) is 97.2 cm³/mol. The quantitative estimate of drug-likeness (QED) is 0.885. The first-order valence-corrected chi connectivity index (χ1v) is 8.69. The third kappa shape index (κ3) is 3.89. The fraction of sp³-hybridized carbons (Fsp3) is 0.421. The molecule has 0 amide bonds. The van der Waals surface area contributed by atoms with Gasteiger partial charge in [-0.2, -0.15) is 0 Å². The Kier molecular flexibility index (Phi) is 5.47. The van der Waals surface area contributed by atoms with Crippen LogP contribution in [0.5, 0.6) is 11.5 Å². The molecule has 2 heterocycles.